The Balaban J connectivity index is 2.70. The number of hydrogen-bond donors (Lipinski definition) is 0. The van der Waals surface area contributed by atoms with E-state index in [1.807, 2.05) is 6.07 Å². The molecule has 5 nitrogen and oxygen atoms in total. The Morgan fingerprint density at radius 1 is 1.36 bits per heavy atom. The molecule has 0 fully saturated rings. The normalized spacial score (nSPS) is 11.8. The van der Waals surface area contributed by atoms with Gasteiger partial charge in [0.15, 0.2) is 9.84 Å². The second kappa shape index (κ2) is 7.12. The summed E-state index contributed by atoms with van der Waals surface area (Å²) in [4.78, 5) is 11.5. The van der Waals surface area contributed by atoms with Crippen molar-refractivity contribution in [2.75, 3.05) is 5.75 Å². The fraction of sp³-hybridized carbons (Fsp3) is 0.467. The zero-order chi connectivity index (χ0) is 17.0. The number of carbonyl (C=O) groups is 1. The quantitative estimate of drug-likeness (QED) is 0.767. The maximum absolute atomic E-state index is 12.2. The molecule has 1 aromatic rings. The highest BCUT2D eigenvalue weighted by Gasteiger charge is 2.20. The van der Waals surface area contributed by atoms with Gasteiger partial charge < -0.3 is 4.74 Å². The summed E-state index contributed by atoms with van der Waals surface area (Å²) in [7, 11) is -3.60. The molecule has 0 N–H and O–H groups in total. The summed E-state index contributed by atoms with van der Waals surface area (Å²) in [6.45, 7) is 5.24. The van der Waals surface area contributed by atoms with Crippen molar-refractivity contribution in [3.63, 3.8) is 0 Å². The summed E-state index contributed by atoms with van der Waals surface area (Å²) in [5.41, 5.74) is -0.301. The molecule has 0 aromatic heterocycles. The molecule has 1 aromatic carbocycles. The smallest absolute Gasteiger partial charge is 0.306 e. The minimum Gasteiger partial charge on any atom is -0.460 e. The molecule has 22 heavy (non-hydrogen) atoms. The van der Waals surface area contributed by atoms with Gasteiger partial charge in [-0.3, -0.25) is 4.79 Å². The summed E-state index contributed by atoms with van der Waals surface area (Å²) >= 11 is 5.90. The average Bonchev–Trinajstić information content (AvgIpc) is 2.35. The highest BCUT2D eigenvalue weighted by molar-refractivity contribution is 7.91. The minimum absolute atomic E-state index is 0.0105. The Labute approximate surface area is 135 Å². The van der Waals surface area contributed by atoms with Gasteiger partial charge in [-0.2, -0.15) is 5.26 Å². The van der Waals surface area contributed by atoms with Crippen LogP contribution in [0.3, 0.4) is 0 Å². The van der Waals surface area contributed by atoms with Crippen LogP contribution in [0.1, 0.15) is 39.2 Å². The van der Waals surface area contributed by atoms with Gasteiger partial charge in [-0.05, 0) is 45.4 Å². The number of halogens is 1. The van der Waals surface area contributed by atoms with Crippen LogP contribution in [0.25, 0.3) is 0 Å². The van der Waals surface area contributed by atoms with Crippen molar-refractivity contribution >= 4 is 27.4 Å². The van der Waals surface area contributed by atoms with E-state index in [1.54, 1.807) is 20.8 Å². The zero-order valence-electron chi connectivity index (χ0n) is 12.7. The number of esters is 1. The van der Waals surface area contributed by atoms with Crippen LogP contribution >= 0.6 is 11.6 Å². The Hall–Kier alpha value is -1.58. The summed E-state index contributed by atoms with van der Waals surface area (Å²) in [5.74, 6) is -0.647. The topological polar surface area (TPSA) is 84.2 Å². The van der Waals surface area contributed by atoms with E-state index in [9.17, 15) is 13.2 Å². The molecule has 0 heterocycles. The lowest BCUT2D eigenvalue weighted by molar-refractivity contribution is -0.154. The monoisotopic (exact) mass is 343 g/mol. The highest BCUT2D eigenvalue weighted by atomic mass is 35.5. The first-order chi connectivity index (χ1) is 10.0. The number of nitriles is 1. The van der Waals surface area contributed by atoms with Crippen LogP contribution in [-0.2, 0) is 19.4 Å². The van der Waals surface area contributed by atoms with E-state index < -0.39 is 21.4 Å². The molecular weight excluding hydrogens is 326 g/mol. The van der Waals surface area contributed by atoms with E-state index in [0.29, 0.717) is 0 Å². The van der Waals surface area contributed by atoms with Gasteiger partial charge in [-0.25, -0.2) is 8.42 Å². The van der Waals surface area contributed by atoms with Crippen LogP contribution in [0.15, 0.2) is 23.1 Å². The lowest BCUT2D eigenvalue weighted by Gasteiger charge is -2.19. The maximum Gasteiger partial charge on any atom is 0.306 e. The third-order valence-corrected chi connectivity index (χ3v) is 4.89. The molecule has 0 aliphatic carbocycles. The van der Waals surface area contributed by atoms with Crippen molar-refractivity contribution in [1.29, 1.82) is 5.26 Å². The van der Waals surface area contributed by atoms with Crippen molar-refractivity contribution < 1.29 is 17.9 Å². The summed E-state index contributed by atoms with van der Waals surface area (Å²) in [5, 5.41) is 8.75. The Bertz CT molecular complexity index is 699. The van der Waals surface area contributed by atoms with Crippen molar-refractivity contribution in [3.8, 4) is 6.07 Å². The van der Waals surface area contributed by atoms with Gasteiger partial charge in [-0.1, -0.05) is 11.6 Å². The van der Waals surface area contributed by atoms with E-state index in [1.165, 1.54) is 18.2 Å². The second-order valence-corrected chi connectivity index (χ2v) is 8.25. The molecular formula is C15H18ClNO4S. The molecule has 120 valence electrons. The van der Waals surface area contributed by atoms with E-state index in [0.717, 1.165) is 0 Å². The number of rotatable bonds is 5. The molecule has 1 rings (SSSR count). The SMILES string of the molecule is CC(C)(C)OC(=O)CCCS(=O)(=O)c1ccc(C#N)cc1Cl. The minimum atomic E-state index is -3.60. The first kappa shape index (κ1) is 18.5. The van der Waals surface area contributed by atoms with Gasteiger partial charge in [0.05, 0.1) is 27.3 Å². The van der Waals surface area contributed by atoms with Crippen LogP contribution in [0.4, 0.5) is 0 Å². The fourth-order valence-corrected chi connectivity index (χ4v) is 3.64. The summed E-state index contributed by atoms with van der Waals surface area (Å²) in [6.07, 6.45) is 0.165. The standard InChI is InChI=1S/C15H18ClNO4S/c1-15(2,3)21-14(18)5-4-8-22(19,20)13-7-6-11(10-17)9-12(13)16/h6-7,9H,4-5,8H2,1-3H3. The van der Waals surface area contributed by atoms with Gasteiger partial charge in [0.25, 0.3) is 0 Å². The van der Waals surface area contributed by atoms with Gasteiger partial charge >= 0.3 is 5.97 Å². The van der Waals surface area contributed by atoms with E-state index in [4.69, 9.17) is 21.6 Å². The van der Waals surface area contributed by atoms with Crippen LogP contribution in [0.5, 0.6) is 0 Å². The van der Waals surface area contributed by atoms with Crippen LogP contribution < -0.4 is 0 Å². The number of sulfone groups is 1. The highest BCUT2D eigenvalue weighted by Crippen LogP contribution is 2.24. The van der Waals surface area contributed by atoms with E-state index in [2.05, 4.69) is 0 Å². The largest absolute Gasteiger partial charge is 0.460 e. The lowest BCUT2D eigenvalue weighted by Crippen LogP contribution is -2.24. The van der Waals surface area contributed by atoms with Gasteiger partial charge in [0, 0.05) is 6.42 Å². The van der Waals surface area contributed by atoms with E-state index in [-0.39, 0.29) is 34.1 Å². The molecule has 0 atom stereocenters. The van der Waals surface area contributed by atoms with Crippen molar-refractivity contribution in [3.05, 3.63) is 28.8 Å². The Morgan fingerprint density at radius 2 is 2.00 bits per heavy atom. The molecule has 0 bridgehead atoms. The third-order valence-electron chi connectivity index (χ3n) is 2.61. The molecule has 7 heteroatoms. The van der Waals surface area contributed by atoms with Crippen molar-refractivity contribution in [1.82, 2.24) is 0 Å². The molecule has 0 saturated carbocycles. The van der Waals surface area contributed by atoms with Crippen molar-refractivity contribution in [2.24, 2.45) is 0 Å². The number of nitrogens with zero attached hydrogens (tertiary/aromatic N) is 1. The lowest BCUT2D eigenvalue weighted by atomic mass is 10.2. The Kier molecular flexibility index (Phi) is 5.98. The summed E-state index contributed by atoms with van der Waals surface area (Å²) < 4.78 is 29.5. The summed E-state index contributed by atoms with van der Waals surface area (Å²) in [6, 6.07) is 5.90. The fourth-order valence-electron chi connectivity index (χ4n) is 1.73. The zero-order valence-corrected chi connectivity index (χ0v) is 14.3. The van der Waals surface area contributed by atoms with E-state index >= 15 is 0 Å². The predicted molar refractivity (Wildman–Crippen MR) is 83.3 cm³/mol. The molecule has 0 aliphatic heterocycles. The number of hydrogen-bond acceptors (Lipinski definition) is 5. The van der Waals surface area contributed by atoms with Gasteiger partial charge in [0.1, 0.15) is 5.60 Å². The number of carbonyl (C=O) groups excluding carboxylic acids is 1. The molecule has 0 saturated heterocycles. The maximum atomic E-state index is 12.2. The van der Waals surface area contributed by atoms with Crippen LogP contribution in [0, 0.1) is 11.3 Å². The molecule has 0 amide bonds. The van der Waals surface area contributed by atoms with Crippen molar-refractivity contribution in [2.45, 2.75) is 44.1 Å². The van der Waals surface area contributed by atoms with Gasteiger partial charge in [-0.15, -0.1) is 0 Å². The van der Waals surface area contributed by atoms with Crippen LogP contribution in [-0.4, -0.2) is 25.7 Å². The molecule has 0 unspecified atom stereocenters. The average molecular weight is 344 g/mol. The van der Waals surface area contributed by atoms with Gasteiger partial charge in [0.2, 0.25) is 0 Å². The Morgan fingerprint density at radius 3 is 2.50 bits per heavy atom. The predicted octanol–water partition coefficient (Wildman–Crippen LogP) is 3.11. The molecule has 0 aliphatic rings. The molecule has 0 radical (unpaired) electrons. The molecule has 0 spiro atoms. The second-order valence-electron chi connectivity index (χ2n) is 5.77. The third kappa shape index (κ3) is 5.66. The van der Waals surface area contributed by atoms with Crippen LogP contribution in [0.2, 0.25) is 5.02 Å². The number of benzene rings is 1. The first-order valence-corrected chi connectivity index (χ1v) is 8.72. The number of ether oxygens (including phenoxy) is 1. The first-order valence-electron chi connectivity index (χ1n) is 6.69.